The maximum Gasteiger partial charge on any atom is 0.243 e. The third-order valence-electron chi connectivity index (χ3n) is 3.11. The van der Waals surface area contributed by atoms with Gasteiger partial charge in [-0.1, -0.05) is 6.07 Å². The van der Waals surface area contributed by atoms with E-state index in [2.05, 4.69) is 5.32 Å². The Bertz CT molecular complexity index is 538. The molecule has 1 saturated heterocycles. The molecule has 2 atom stereocenters. The van der Waals surface area contributed by atoms with Crippen LogP contribution in [-0.4, -0.2) is 37.9 Å². The number of hydrogen-bond donors (Lipinski definition) is 1. The summed E-state index contributed by atoms with van der Waals surface area (Å²) in [5.74, 6) is -0.535. The van der Waals surface area contributed by atoms with E-state index in [1.165, 1.54) is 22.5 Å². The van der Waals surface area contributed by atoms with E-state index in [-0.39, 0.29) is 29.4 Å². The zero-order valence-electron chi connectivity index (χ0n) is 10.8. The molecule has 1 aliphatic heterocycles. The zero-order valence-corrected chi connectivity index (χ0v) is 12.5. The molecule has 0 radical (unpaired) electrons. The average molecular weight is 309 g/mol. The molecule has 0 spiro atoms. The first-order chi connectivity index (χ1) is 8.41. The van der Waals surface area contributed by atoms with E-state index in [4.69, 9.17) is 0 Å². The number of sulfonamides is 1. The molecular formula is C12H18ClFN2O2S. The Kier molecular flexibility index (Phi) is 5.32. The summed E-state index contributed by atoms with van der Waals surface area (Å²) < 4.78 is 39.4. The van der Waals surface area contributed by atoms with Gasteiger partial charge in [0, 0.05) is 25.2 Å². The second-order valence-corrected chi connectivity index (χ2v) is 6.58. The molecule has 19 heavy (non-hydrogen) atoms. The summed E-state index contributed by atoms with van der Waals surface area (Å²) in [5.41, 5.74) is 0. The molecule has 1 aliphatic rings. The van der Waals surface area contributed by atoms with Crippen molar-refractivity contribution in [1.82, 2.24) is 9.62 Å². The molecule has 1 aromatic rings. The van der Waals surface area contributed by atoms with Crippen LogP contribution in [0.5, 0.6) is 0 Å². The van der Waals surface area contributed by atoms with Crippen LogP contribution in [0.25, 0.3) is 0 Å². The van der Waals surface area contributed by atoms with Gasteiger partial charge < -0.3 is 5.32 Å². The van der Waals surface area contributed by atoms with E-state index in [9.17, 15) is 12.8 Å². The Morgan fingerprint density at radius 2 is 2.05 bits per heavy atom. The molecule has 108 valence electrons. The third-order valence-corrected chi connectivity index (χ3v) is 5.09. The number of piperazine rings is 1. The highest BCUT2D eigenvalue weighted by Gasteiger charge is 2.33. The Balaban J connectivity index is 0.00000180. The second kappa shape index (κ2) is 6.17. The maximum atomic E-state index is 13.1. The average Bonchev–Trinajstić information content (AvgIpc) is 2.32. The summed E-state index contributed by atoms with van der Waals surface area (Å²) in [6.07, 6.45) is 0. The summed E-state index contributed by atoms with van der Waals surface area (Å²) in [7, 11) is -3.61. The van der Waals surface area contributed by atoms with Crippen molar-refractivity contribution in [2.45, 2.75) is 30.8 Å². The fourth-order valence-electron chi connectivity index (χ4n) is 2.09. The van der Waals surface area contributed by atoms with Crippen molar-refractivity contribution in [3.8, 4) is 0 Å². The van der Waals surface area contributed by atoms with Crippen molar-refractivity contribution in [2.24, 2.45) is 0 Å². The van der Waals surface area contributed by atoms with Crippen LogP contribution in [0.3, 0.4) is 0 Å². The Morgan fingerprint density at radius 3 is 2.68 bits per heavy atom. The second-order valence-electron chi connectivity index (χ2n) is 4.69. The molecule has 2 unspecified atom stereocenters. The largest absolute Gasteiger partial charge is 0.311 e. The van der Waals surface area contributed by atoms with E-state index in [0.29, 0.717) is 13.1 Å². The van der Waals surface area contributed by atoms with Crippen LogP contribution < -0.4 is 5.32 Å². The van der Waals surface area contributed by atoms with E-state index >= 15 is 0 Å². The van der Waals surface area contributed by atoms with E-state index in [0.717, 1.165) is 6.07 Å². The van der Waals surface area contributed by atoms with Crippen molar-refractivity contribution in [3.05, 3.63) is 30.1 Å². The topological polar surface area (TPSA) is 49.4 Å². The molecule has 4 nitrogen and oxygen atoms in total. The Hall–Kier alpha value is -0.690. The number of nitrogens with zero attached hydrogens (tertiary/aromatic N) is 1. The first-order valence-electron chi connectivity index (χ1n) is 5.92. The van der Waals surface area contributed by atoms with Gasteiger partial charge in [0.15, 0.2) is 0 Å². The molecule has 0 aliphatic carbocycles. The Morgan fingerprint density at radius 1 is 1.37 bits per heavy atom. The summed E-state index contributed by atoms with van der Waals surface area (Å²) in [5, 5.41) is 3.22. The summed E-state index contributed by atoms with van der Waals surface area (Å²) in [6, 6.07) is 5.12. The molecule has 7 heteroatoms. The molecule has 0 bridgehead atoms. The normalized spacial score (nSPS) is 24.8. The lowest BCUT2D eigenvalue weighted by Crippen LogP contribution is -2.56. The standard InChI is InChI=1S/C12H17FN2O2S.ClH/c1-9-8-15(10(2)7-14-9)18(16,17)12-5-3-4-11(13)6-12;/h3-6,9-10,14H,7-8H2,1-2H3;1H. The molecule has 0 aromatic heterocycles. The van der Waals surface area contributed by atoms with Gasteiger partial charge in [-0.2, -0.15) is 4.31 Å². The summed E-state index contributed by atoms with van der Waals surface area (Å²) >= 11 is 0. The quantitative estimate of drug-likeness (QED) is 0.903. The van der Waals surface area contributed by atoms with Gasteiger partial charge in [-0.3, -0.25) is 0 Å². The van der Waals surface area contributed by atoms with Gasteiger partial charge in [0.2, 0.25) is 10.0 Å². The number of rotatable bonds is 2. The summed E-state index contributed by atoms with van der Waals surface area (Å²) in [6.45, 7) is 4.78. The van der Waals surface area contributed by atoms with Crippen molar-refractivity contribution in [2.75, 3.05) is 13.1 Å². The molecular weight excluding hydrogens is 291 g/mol. The van der Waals surface area contributed by atoms with Gasteiger partial charge in [-0.25, -0.2) is 12.8 Å². The molecule has 1 fully saturated rings. The minimum Gasteiger partial charge on any atom is -0.311 e. The monoisotopic (exact) mass is 308 g/mol. The minimum atomic E-state index is -3.61. The minimum absolute atomic E-state index is 0. The number of halogens is 2. The van der Waals surface area contributed by atoms with Crippen LogP contribution in [0.2, 0.25) is 0 Å². The van der Waals surface area contributed by atoms with Crippen molar-refractivity contribution in [1.29, 1.82) is 0 Å². The highest BCUT2D eigenvalue weighted by atomic mass is 35.5. The molecule has 0 saturated carbocycles. The van der Waals surface area contributed by atoms with E-state index in [1.807, 2.05) is 13.8 Å². The van der Waals surface area contributed by atoms with Crippen molar-refractivity contribution in [3.63, 3.8) is 0 Å². The SMILES string of the molecule is CC1CN(S(=O)(=O)c2cccc(F)c2)C(C)CN1.Cl. The van der Waals surface area contributed by atoms with E-state index in [1.54, 1.807) is 0 Å². The number of hydrogen-bond acceptors (Lipinski definition) is 3. The van der Waals surface area contributed by atoms with E-state index < -0.39 is 15.8 Å². The Labute approximate surface area is 119 Å². The zero-order chi connectivity index (χ0) is 13.3. The molecule has 2 rings (SSSR count). The highest BCUT2D eigenvalue weighted by molar-refractivity contribution is 7.89. The van der Waals surface area contributed by atoms with Gasteiger partial charge in [0.1, 0.15) is 5.82 Å². The van der Waals surface area contributed by atoms with Crippen LogP contribution in [0.4, 0.5) is 4.39 Å². The predicted octanol–water partition coefficient (Wildman–Crippen LogP) is 1.62. The first-order valence-corrected chi connectivity index (χ1v) is 7.36. The van der Waals surface area contributed by atoms with Gasteiger partial charge in [-0.05, 0) is 32.0 Å². The van der Waals surface area contributed by atoms with Gasteiger partial charge >= 0.3 is 0 Å². The van der Waals surface area contributed by atoms with Gasteiger partial charge in [-0.15, -0.1) is 12.4 Å². The molecule has 1 aromatic carbocycles. The molecule has 0 amide bonds. The third kappa shape index (κ3) is 3.45. The van der Waals surface area contributed by atoms with Crippen LogP contribution >= 0.6 is 12.4 Å². The maximum absolute atomic E-state index is 13.1. The fraction of sp³-hybridized carbons (Fsp3) is 0.500. The lowest BCUT2D eigenvalue weighted by Gasteiger charge is -2.36. The number of nitrogens with one attached hydrogen (secondary N) is 1. The molecule has 1 N–H and O–H groups in total. The van der Waals surface area contributed by atoms with Crippen LogP contribution in [-0.2, 0) is 10.0 Å². The smallest absolute Gasteiger partial charge is 0.243 e. The van der Waals surface area contributed by atoms with Gasteiger partial charge in [0.05, 0.1) is 4.90 Å². The lowest BCUT2D eigenvalue weighted by molar-refractivity contribution is 0.244. The first kappa shape index (κ1) is 16.4. The molecule has 1 heterocycles. The lowest BCUT2D eigenvalue weighted by atomic mass is 10.2. The summed E-state index contributed by atoms with van der Waals surface area (Å²) in [4.78, 5) is 0.0171. The van der Waals surface area contributed by atoms with Crippen LogP contribution in [0.1, 0.15) is 13.8 Å². The van der Waals surface area contributed by atoms with Gasteiger partial charge in [0.25, 0.3) is 0 Å². The fourth-order valence-corrected chi connectivity index (χ4v) is 3.84. The van der Waals surface area contributed by atoms with Crippen LogP contribution in [0.15, 0.2) is 29.2 Å². The highest BCUT2D eigenvalue weighted by Crippen LogP contribution is 2.21. The van der Waals surface area contributed by atoms with Crippen molar-refractivity contribution < 1.29 is 12.8 Å². The predicted molar refractivity (Wildman–Crippen MR) is 74.5 cm³/mol. The number of benzene rings is 1. The van der Waals surface area contributed by atoms with Crippen LogP contribution in [0, 0.1) is 5.82 Å². The van der Waals surface area contributed by atoms with Crippen molar-refractivity contribution >= 4 is 22.4 Å².